The predicted octanol–water partition coefficient (Wildman–Crippen LogP) is 2.38. The monoisotopic (exact) mass is 318 g/mol. The van der Waals surface area contributed by atoms with Gasteiger partial charge in [0, 0.05) is 11.1 Å². The first-order chi connectivity index (χ1) is 11.6. The van der Waals surface area contributed by atoms with Crippen molar-refractivity contribution in [2.45, 2.75) is 6.17 Å². The Hall–Kier alpha value is -3.25. The minimum Gasteiger partial charge on any atom is -0.476 e. The Kier molecular flexibility index (Phi) is 3.25. The van der Waals surface area contributed by atoms with Crippen molar-refractivity contribution in [2.75, 3.05) is 0 Å². The van der Waals surface area contributed by atoms with E-state index in [2.05, 4.69) is 10.1 Å². The summed E-state index contributed by atoms with van der Waals surface area (Å²) < 4.78 is 1.57. The van der Waals surface area contributed by atoms with Gasteiger partial charge in [0.25, 0.3) is 0 Å². The normalized spacial score (nSPS) is 15.9. The third-order valence-corrected chi connectivity index (χ3v) is 3.96. The van der Waals surface area contributed by atoms with Crippen LogP contribution in [0.2, 0.25) is 0 Å². The molecular formula is C18H14N4O2. The van der Waals surface area contributed by atoms with Crippen LogP contribution in [0, 0.1) is 0 Å². The molecule has 0 bridgehead atoms. The molecule has 0 aliphatic carbocycles. The highest BCUT2D eigenvalue weighted by Gasteiger charge is 2.25. The number of hydrogen-bond donors (Lipinski definition) is 2. The summed E-state index contributed by atoms with van der Waals surface area (Å²) in [6.45, 7) is 0. The SMILES string of the molecule is NC1N=C(c2ccccc2)c2ccccc2-n2nc(C(=O)O)cc21. The van der Waals surface area contributed by atoms with Crippen LogP contribution in [0.25, 0.3) is 5.69 Å². The first-order valence-electron chi connectivity index (χ1n) is 7.47. The summed E-state index contributed by atoms with van der Waals surface area (Å²) in [6, 6.07) is 18.9. The van der Waals surface area contributed by atoms with E-state index in [0.717, 1.165) is 22.5 Å². The number of nitrogens with two attached hydrogens (primary N) is 1. The zero-order valence-electron chi connectivity index (χ0n) is 12.6. The number of nitrogens with zero attached hydrogens (tertiary/aromatic N) is 3. The lowest BCUT2D eigenvalue weighted by molar-refractivity contribution is 0.0690. The van der Waals surface area contributed by atoms with E-state index in [1.165, 1.54) is 6.07 Å². The fourth-order valence-corrected chi connectivity index (χ4v) is 2.86. The third-order valence-electron chi connectivity index (χ3n) is 3.96. The quantitative estimate of drug-likeness (QED) is 0.758. The van der Waals surface area contributed by atoms with E-state index >= 15 is 0 Å². The molecule has 118 valence electrons. The van der Waals surface area contributed by atoms with E-state index in [-0.39, 0.29) is 5.69 Å². The van der Waals surface area contributed by atoms with Gasteiger partial charge in [-0.1, -0.05) is 48.5 Å². The molecule has 0 amide bonds. The smallest absolute Gasteiger partial charge is 0.356 e. The molecule has 6 nitrogen and oxygen atoms in total. The lowest BCUT2D eigenvalue weighted by Crippen LogP contribution is -2.12. The summed E-state index contributed by atoms with van der Waals surface area (Å²) in [5.41, 5.74) is 10.1. The van der Waals surface area contributed by atoms with Gasteiger partial charge in [-0.25, -0.2) is 9.48 Å². The molecule has 3 N–H and O–H groups in total. The van der Waals surface area contributed by atoms with Crippen LogP contribution in [0.5, 0.6) is 0 Å². The molecule has 0 spiro atoms. The Morgan fingerprint density at radius 1 is 1.08 bits per heavy atom. The van der Waals surface area contributed by atoms with Crippen LogP contribution < -0.4 is 5.73 Å². The van der Waals surface area contributed by atoms with Crippen LogP contribution in [0.3, 0.4) is 0 Å². The number of carboxylic acid groups (broad SMARTS) is 1. The van der Waals surface area contributed by atoms with Crippen molar-refractivity contribution >= 4 is 11.7 Å². The highest BCUT2D eigenvalue weighted by atomic mass is 16.4. The van der Waals surface area contributed by atoms with Crippen molar-refractivity contribution in [3.8, 4) is 5.69 Å². The summed E-state index contributed by atoms with van der Waals surface area (Å²) in [7, 11) is 0. The molecule has 1 atom stereocenters. The highest BCUT2D eigenvalue weighted by Crippen LogP contribution is 2.28. The number of aromatic carboxylic acids is 1. The predicted molar refractivity (Wildman–Crippen MR) is 89.5 cm³/mol. The van der Waals surface area contributed by atoms with Crippen molar-refractivity contribution in [3.05, 3.63) is 83.2 Å². The number of aromatic nitrogens is 2. The summed E-state index contributed by atoms with van der Waals surface area (Å²) in [4.78, 5) is 15.9. The van der Waals surface area contributed by atoms with Crippen LogP contribution in [0.15, 0.2) is 65.7 Å². The molecule has 0 fully saturated rings. The molecule has 1 aliphatic rings. The molecule has 24 heavy (non-hydrogen) atoms. The van der Waals surface area contributed by atoms with Gasteiger partial charge in [0.15, 0.2) is 5.69 Å². The molecule has 2 heterocycles. The van der Waals surface area contributed by atoms with E-state index in [9.17, 15) is 9.90 Å². The third kappa shape index (κ3) is 2.21. The van der Waals surface area contributed by atoms with Crippen molar-refractivity contribution in [1.29, 1.82) is 0 Å². The van der Waals surface area contributed by atoms with Gasteiger partial charge >= 0.3 is 5.97 Å². The Morgan fingerprint density at radius 3 is 2.54 bits per heavy atom. The lowest BCUT2D eigenvalue weighted by Gasteiger charge is -2.10. The highest BCUT2D eigenvalue weighted by molar-refractivity contribution is 6.15. The van der Waals surface area contributed by atoms with E-state index in [0.29, 0.717) is 5.69 Å². The van der Waals surface area contributed by atoms with Gasteiger partial charge in [0.2, 0.25) is 0 Å². The molecule has 0 radical (unpaired) electrons. The number of carboxylic acids is 1. The molecule has 0 saturated heterocycles. The van der Waals surface area contributed by atoms with Gasteiger partial charge in [0.1, 0.15) is 6.17 Å². The zero-order valence-corrected chi connectivity index (χ0v) is 12.6. The average Bonchev–Trinajstić information content (AvgIpc) is 3.02. The van der Waals surface area contributed by atoms with E-state index in [1.54, 1.807) is 4.68 Å². The van der Waals surface area contributed by atoms with E-state index < -0.39 is 12.1 Å². The first-order valence-corrected chi connectivity index (χ1v) is 7.47. The largest absolute Gasteiger partial charge is 0.476 e. The van der Waals surface area contributed by atoms with Gasteiger partial charge < -0.3 is 10.8 Å². The van der Waals surface area contributed by atoms with Crippen molar-refractivity contribution < 1.29 is 9.90 Å². The van der Waals surface area contributed by atoms with Crippen LogP contribution in [0.1, 0.15) is 33.5 Å². The van der Waals surface area contributed by atoms with E-state index in [4.69, 9.17) is 5.73 Å². The molecule has 4 rings (SSSR count). The first kappa shape index (κ1) is 14.3. The standard InChI is InChI=1S/C18H14N4O2/c19-17-15-10-13(18(23)24)21-22(15)14-9-5-4-8-12(14)16(20-17)11-6-2-1-3-7-11/h1-10,17H,19H2,(H,23,24). The molecule has 1 unspecified atom stereocenters. The van der Waals surface area contributed by atoms with E-state index in [1.807, 2.05) is 54.6 Å². The van der Waals surface area contributed by atoms with Crippen LogP contribution >= 0.6 is 0 Å². The lowest BCUT2D eigenvalue weighted by atomic mass is 10.0. The van der Waals surface area contributed by atoms with Crippen molar-refractivity contribution in [3.63, 3.8) is 0 Å². The molecule has 2 aromatic carbocycles. The number of aliphatic imine (C=N–C) groups is 1. The second kappa shape index (κ2) is 5.43. The molecule has 1 aromatic heterocycles. The van der Waals surface area contributed by atoms with Crippen LogP contribution in [-0.2, 0) is 0 Å². The summed E-state index contributed by atoms with van der Waals surface area (Å²) in [5, 5.41) is 13.4. The second-order valence-electron chi connectivity index (χ2n) is 5.48. The maximum absolute atomic E-state index is 11.3. The van der Waals surface area contributed by atoms with Crippen molar-refractivity contribution in [2.24, 2.45) is 10.7 Å². The molecular weight excluding hydrogens is 304 g/mol. The van der Waals surface area contributed by atoms with Crippen LogP contribution in [0.4, 0.5) is 0 Å². The van der Waals surface area contributed by atoms with Gasteiger partial charge in [-0.3, -0.25) is 4.99 Å². The Labute approximate surface area is 137 Å². The molecule has 6 heteroatoms. The summed E-state index contributed by atoms with van der Waals surface area (Å²) >= 11 is 0. The number of benzene rings is 2. The second-order valence-corrected chi connectivity index (χ2v) is 5.48. The minimum atomic E-state index is -1.09. The maximum Gasteiger partial charge on any atom is 0.356 e. The Bertz CT molecular complexity index is 960. The van der Waals surface area contributed by atoms with Crippen LogP contribution in [-0.4, -0.2) is 26.6 Å². The van der Waals surface area contributed by atoms with Crippen molar-refractivity contribution in [1.82, 2.24) is 9.78 Å². The average molecular weight is 318 g/mol. The molecule has 0 saturated carbocycles. The fraction of sp³-hybridized carbons (Fsp3) is 0.0556. The zero-order chi connectivity index (χ0) is 16.7. The maximum atomic E-state index is 11.3. The number of rotatable bonds is 2. The Morgan fingerprint density at radius 2 is 1.79 bits per heavy atom. The minimum absolute atomic E-state index is 0.0476. The number of carbonyl (C=O) groups is 1. The summed E-state index contributed by atoms with van der Waals surface area (Å²) in [6.07, 6.45) is -0.701. The molecule has 1 aliphatic heterocycles. The van der Waals surface area contributed by atoms with Gasteiger partial charge in [-0.05, 0) is 12.1 Å². The topological polar surface area (TPSA) is 93.5 Å². The van der Waals surface area contributed by atoms with Gasteiger partial charge in [0.05, 0.1) is 17.1 Å². The number of hydrogen-bond acceptors (Lipinski definition) is 4. The number of para-hydroxylation sites is 1. The fourth-order valence-electron chi connectivity index (χ4n) is 2.86. The van der Waals surface area contributed by atoms with Gasteiger partial charge in [-0.15, -0.1) is 0 Å². The number of fused-ring (bicyclic) bond motifs is 3. The summed E-state index contributed by atoms with van der Waals surface area (Å²) in [5.74, 6) is -1.09. The Balaban J connectivity index is 1.99. The molecule has 3 aromatic rings. The van der Waals surface area contributed by atoms with Gasteiger partial charge in [-0.2, -0.15) is 5.10 Å².